The molecule has 0 unspecified atom stereocenters. The zero-order valence-electron chi connectivity index (χ0n) is 11.9. The summed E-state index contributed by atoms with van der Waals surface area (Å²) >= 11 is 1.39. The van der Waals surface area contributed by atoms with Crippen molar-refractivity contribution in [2.24, 2.45) is 5.92 Å². The van der Waals surface area contributed by atoms with Crippen molar-refractivity contribution in [3.63, 3.8) is 0 Å². The molecule has 1 aromatic rings. The molecule has 1 aromatic carbocycles. The second kappa shape index (κ2) is 6.78. The van der Waals surface area contributed by atoms with E-state index in [9.17, 15) is 19.7 Å². The summed E-state index contributed by atoms with van der Waals surface area (Å²) in [5.74, 6) is -1.86. The van der Waals surface area contributed by atoms with Crippen LogP contribution in [0.4, 0.5) is 5.69 Å². The molecule has 2 atom stereocenters. The predicted molar refractivity (Wildman–Crippen MR) is 81.1 cm³/mol. The standard InChI is InChI=1S/C14H16N2O5S/c1-22-10-4-5-12(16(20)21)11(7-10)13(17)15-9-3-2-8(6-9)14(18)19/h4-5,7-9H,2-3,6H2,1H3,(H,15,17)(H,18,19)/t8-,9+/m0/s1. The van der Waals surface area contributed by atoms with E-state index >= 15 is 0 Å². The van der Waals surface area contributed by atoms with Gasteiger partial charge in [0, 0.05) is 17.0 Å². The highest BCUT2D eigenvalue weighted by Gasteiger charge is 2.31. The molecule has 2 rings (SSSR count). The van der Waals surface area contributed by atoms with Gasteiger partial charge in [0.25, 0.3) is 11.6 Å². The molecule has 0 aromatic heterocycles. The van der Waals surface area contributed by atoms with Gasteiger partial charge in [0.15, 0.2) is 0 Å². The van der Waals surface area contributed by atoms with E-state index in [1.165, 1.54) is 23.9 Å². The Labute approximate surface area is 131 Å². The summed E-state index contributed by atoms with van der Waals surface area (Å²) in [5.41, 5.74) is -0.237. The Kier molecular flexibility index (Phi) is 5.02. The van der Waals surface area contributed by atoms with E-state index < -0.39 is 22.7 Å². The molecule has 0 heterocycles. The number of carbonyl (C=O) groups is 2. The number of nitrogens with one attached hydrogen (secondary N) is 1. The molecule has 118 valence electrons. The third-order valence-corrected chi connectivity index (χ3v) is 4.49. The maximum absolute atomic E-state index is 12.3. The van der Waals surface area contributed by atoms with Gasteiger partial charge in [0.2, 0.25) is 0 Å². The van der Waals surface area contributed by atoms with Gasteiger partial charge in [-0.15, -0.1) is 11.8 Å². The summed E-state index contributed by atoms with van der Waals surface area (Å²) in [6.45, 7) is 0. The summed E-state index contributed by atoms with van der Waals surface area (Å²) in [5, 5.41) is 22.7. The lowest BCUT2D eigenvalue weighted by Gasteiger charge is -2.13. The molecule has 0 aliphatic heterocycles. The molecule has 7 nitrogen and oxygen atoms in total. The summed E-state index contributed by atoms with van der Waals surface area (Å²) in [7, 11) is 0. The highest BCUT2D eigenvalue weighted by Crippen LogP contribution is 2.28. The molecule has 1 amide bonds. The highest BCUT2D eigenvalue weighted by molar-refractivity contribution is 7.98. The Morgan fingerprint density at radius 1 is 1.41 bits per heavy atom. The number of carboxylic acid groups (broad SMARTS) is 1. The molecule has 0 bridgehead atoms. The normalized spacial score (nSPS) is 20.6. The first kappa shape index (κ1) is 16.3. The topological polar surface area (TPSA) is 110 Å². The maximum Gasteiger partial charge on any atom is 0.306 e. The number of hydrogen-bond donors (Lipinski definition) is 2. The van der Waals surface area contributed by atoms with Gasteiger partial charge >= 0.3 is 5.97 Å². The van der Waals surface area contributed by atoms with Crippen molar-refractivity contribution in [1.29, 1.82) is 0 Å². The van der Waals surface area contributed by atoms with Crippen molar-refractivity contribution in [2.45, 2.75) is 30.2 Å². The van der Waals surface area contributed by atoms with Crippen molar-refractivity contribution in [2.75, 3.05) is 6.26 Å². The number of rotatable bonds is 5. The van der Waals surface area contributed by atoms with E-state index in [1.807, 2.05) is 6.26 Å². The SMILES string of the molecule is CSc1ccc([N+](=O)[O-])c(C(=O)N[C@@H]2CC[C@H](C(=O)O)C2)c1. The van der Waals surface area contributed by atoms with E-state index in [2.05, 4.69) is 5.32 Å². The van der Waals surface area contributed by atoms with E-state index in [0.717, 1.165) is 4.90 Å². The van der Waals surface area contributed by atoms with Crippen LogP contribution in [0.1, 0.15) is 29.6 Å². The fraction of sp³-hybridized carbons (Fsp3) is 0.429. The zero-order valence-corrected chi connectivity index (χ0v) is 12.8. The molecular weight excluding hydrogens is 308 g/mol. The molecule has 2 N–H and O–H groups in total. The van der Waals surface area contributed by atoms with Gasteiger partial charge in [0.05, 0.1) is 10.8 Å². The molecule has 1 fully saturated rings. The van der Waals surface area contributed by atoms with Crippen LogP contribution in [0.3, 0.4) is 0 Å². The summed E-state index contributed by atoms with van der Waals surface area (Å²) < 4.78 is 0. The second-order valence-corrected chi connectivity index (χ2v) is 6.04. The van der Waals surface area contributed by atoms with Gasteiger partial charge in [-0.1, -0.05) is 0 Å². The van der Waals surface area contributed by atoms with Crippen molar-refractivity contribution >= 4 is 29.3 Å². The van der Waals surface area contributed by atoms with E-state index in [1.54, 1.807) is 6.07 Å². The third-order valence-electron chi connectivity index (χ3n) is 3.76. The smallest absolute Gasteiger partial charge is 0.306 e. The van der Waals surface area contributed by atoms with E-state index in [0.29, 0.717) is 19.3 Å². The Morgan fingerprint density at radius 2 is 2.14 bits per heavy atom. The van der Waals surface area contributed by atoms with Crippen LogP contribution in [0, 0.1) is 16.0 Å². The average Bonchev–Trinajstić information content (AvgIpc) is 2.95. The average molecular weight is 324 g/mol. The van der Waals surface area contributed by atoms with Gasteiger partial charge in [0.1, 0.15) is 5.56 Å². The van der Waals surface area contributed by atoms with E-state index in [4.69, 9.17) is 5.11 Å². The van der Waals surface area contributed by atoms with Gasteiger partial charge in [-0.05, 0) is 37.7 Å². The van der Waals surface area contributed by atoms with Crippen LogP contribution >= 0.6 is 11.8 Å². The number of carboxylic acids is 1. The lowest BCUT2D eigenvalue weighted by Crippen LogP contribution is -2.33. The number of benzene rings is 1. The van der Waals surface area contributed by atoms with Crippen LogP contribution in [-0.2, 0) is 4.79 Å². The second-order valence-electron chi connectivity index (χ2n) is 5.16. The van der Waals surface area contributed by atoms with Crippen LogP contribution in [0.2, 0.25) is 0 Å². The number of amides is 1. The molecule has 0 radical (unpaired) electrons. The number of nitrogens with zero attached hydrogens (tertiary/aromatic N) is 1. The van der Waals surface area contributed by atoms with Crippen molar-refractivity contribution < 1.29 is 19.6 Å². The minimum absolute atomic E-state index is 0.00984. The van der Waals surface area contributed by atoms with Crippen molar-refractivity contribution in [3.8, 4) is 0 Å². The van der Waals surface area contributed by atoms with Crippen LogP contribution in [0.15, 0.2) is 23.1 Å². The molecule has 0 spiro atoms. The van der Waals surface area contributed by atoms with Crippen molar-refractivity contribution in [3.05, 3.63) is 33.9 Å². The molecule has 1 aliphatic carbocycles. The van der Waals surface area contributed by atoms with Crippen LogP contribution in [-0.4, -0.2) is 34.2 Å². The molecule has 1 aliphatic rings. The fourth-order valence-corrected chi connectivity index (χ4v) is 3.02. The van der Waals surface area contributed by atoms with Gasteiger partial charge in [-0.2, -0.15) is 0 Å². The molecule has 0 saturated heterocycles. The van der Waals surface area contributed by atoms with E-state index in [-0.39, 0.29) is 17.3 Å². The van der Waals surface area contributed by atoms with Crippen molar-refractivity contribution in [1.82, 2.24) is 5.32 Å². The fourth-order valence-electron chi connectivity index (χ4n) is 2.58. The van der Waals surface area contributed by atoms with Gasteiger partial charge < -0.3 is 10.4 Å². The summed E-state index contributed by atoms with van der Waals surface area (Å²) in [4.78, 5) is 34.4. The first-order valence-corrected chi connectivity index (χ1v) is 8.01. The number of nitro groups is 1. The monoisotopic (exact) mass is 324 g/mol. The van der Waals surface area contributed by atoms with Crippen LogP contribution in [0.5, 0.6) is 0 Å². The first-order chi connectivity index (χ1) is 10.4. The zero-order chi connectivity index (χ0) is 16.3. The van der Waals surface area contributed by atoms with Gasteiger partial charge in [-0.3, -0.25) is 19.7 Å². The minimum atomic E-state index is -0.868. The summed E-state index contributed by atoms with van der Waals surface area (Å²) in [6, 6.07) is 4.14. The largest absolute Gasteiger partial charge is 0.481 e. The minimum Gasteiger partial charge on any atom is -0.481 e. The highest BCUT2D eigenvalue weighted by atomic mass is 32.2. The van der Waals surface area contributed by atoms with Crippen LogP contribution in [0.25, 0.3) is 0 Å². The Bertz CT molecular complexity index is 619. The Hall–Kier alpha value is -2.09. The molecule has 1 saturated carbocycles. The molecule has 8 heteroatoms. The maximum atomic E-state index is 12.3. The first-order valence-electron chi connectivity index (χ1n) is 6.78. The number of thioether (sulfide) groups is 1. The Morgan fingerprint density at radius 3 is 2.68 bits per heavy atom. The predicted octanol–water partition coefficient (Wildman–Crippen LogP) is 2.30. The molecular formula is C14H16N2O5S. The lowest BCUT2D eigenvalue weighted by molar-refractivity contribution is -0.385. The lowest BCUT2D eigenvalue weighted by atomic mass is 10.1. The quantitative estimate of drug-likeness (QED) is 0.488. The van der Waals surface area contributed by atoms with Gasteiger partial charge in [-0.25, -0.2) is 0 Å². The Balaban J connectivity index is 2.15. The third kappa shape index (κ3) is 3.56. The number of carbonyl (C=O) groups excluding carboxylic acids is 1. The number of hydrogen-bond acceptors (Lipinski definition) is 5. The number of aliphatic carboxylic acids is 1. The molecule has 22 heavy (non-hydrogen) atoms. The van der Waals surface area contributed by atoms with Crippen LogP contribution < -0.4 is 5.32 Å². The summed E-state index contributed by atoms with van der Waals surface area (Å²) in [6.07, 6.45) is 3.25. The number of nitro benzene ring substituents is 1.